The summed E-state index contributed by atoms with van der Waals surface area (Å²) in [4.78, 5) is 2.65. The second-order valence-corrected chi connectivity index (χ2v) is 4.32. The van der Waals surface area contributed by atoms with Crippen LogP contribution in [0.1, 0.15) is 5.56 Å². The first-order valence-corrected chi connectivity index (χ1v) is 5.48. The highest BCUT2D eigenvalue weighted by atomic mass is 32.1. The van der Waals surface area contributed by atoms with Crippen LogP contribution in [0.2, 0.25) is 0 Å². The number of thiophene rings is 2. The van der Waals surface area contributed by atoms with Gasteiger partial charge in [-0.2, -0.15) is 0 Å². The van der Waals surface area contributed by atoms with Gasteiger partial charge in [0.15, 0.2) is 0 Å². The summed E-state index contributed by atoms with van der Waals surface area (Å²) in [6.45, 7) is 0.636. The predicted molar refractivity (Wildman–Crippen MR) is 55.5 cm³/mol. The molecule has 0 fully saturated rings. The average Bonchev–Trinajstić information content (AvgIpc) is 2.74. The zero-order valence-corrected chi connectivity index (χ0v) is 8.12. The van der Waals surface area contributed by atoms with Gasteiger partial charge in [-0.15, -0.1) is 22.7 Å². The summed E-state index contributed by atoms with van der Waals surface area (Å²) in [5, 5.41) is 4.19. The third-order valence-electron chi connectivity index (χ3n) is 1.71. The molecule has 0 amide bonds. The zero-order valence-electron chi connectivity index (χ0n) is 6.49. The summed E-state index contributed by atoms with van der Waals surface area (Å²) < 4.78 is 0. The summed E-state index contributed by atoms with van der Waals surface area (Å²) in [7, 11) is 0. The smallest absolute Gasteiger partial charge is 0.0487 e. The van der Waals surface area contributed by atoms with Crippen LogP contribution in [0.4, 0.5) is 0 Å². The van der Waals surface area contributed by atoms with E-state index in [1.807, 2.05) is 0 Å². The van der Waals surface area contributed by atoms with Gasteiger partial charge in [0, 0.05) is 16.3 Å². The minimum absolute atomic E-state index is 0.636. The number of hydrogen-bond donors (Lipinski definition) is 1. The van der Waals surface area contributed by atoms with E-state index >= 15 is 0 Å². The maximum atomic E-state index is 5.61. The first kappa shape index (κ1) is 7.98. The SMILES string of the molecule is NCc1ccsc1-c1cccs1. The van der Waals surface area contributed by atoms with Gasteiger partial charge in [-0.1, -0.05) is 6.07 Å². The van der Waals surface area contributed by atoms with E-state index < -0.39 is 0 Å². The maximum absolute atomic E-state index is 5.61. The number of hydrogen-bond acceptors (Lipinski definition) is 3. The second kappa shape index (κ2) is 3.39. The van der Waals surface area contributed by atoms with E-state index in [2.05, 4.69) is 29.0 Å². The summed E-state index contributed by atoms with van der Waals surface area (Å²) in [6.07, 6.45) is 0. The fourth-order valence-electron chi connectivity index (χ4n) is 1.12. The molecule has 2 rings (SSSR count). The highest BCUT2D eigenvalue weighted by Gasteiger charge is 2.05. The predicted octanol–water partition coefficient (Wildman–Crippen LogP) is 2.94. The van der Waals surface area contributed by atoms with E-state index in [0.717, 1.165) is 0 Å². The molecule has 1 nitrogen and oxygen atoms in total. The van der Waals surface area contributed by atoms with Gasteiger partial charge in [0.2, 0.25) is 0 Å². The van der Waals surface area contributed by atoms with Crippen molar-refractivity contribution in [2.75, 3.05) is 0 Å². The molecule has 0 bridgehead atoms. The van der Waals surface area contributed by atoms with E-state index in [4.69, 9.17) is 5.73 Å². The van der Waals surface area contributed by atoms with Crippen LogP contribution in [0.3, 0.4) is 0 Å². The summed E-state index contributed by atoms with van der Waals surface area (Å²) >= 11 is 3.53. The van der Waals surface area contributed by atoms with Crippen molar-refractivity contribution in [3.63, 3.8) is 0 Å². The molecule has 0 aliphatic heterocycles. The maximum Gasteiger partial charge on any atom is 0.0487 e. The lowest BCUT2D eigenvalue weighted by molar-refractivity contribution is 1.08. The van der Waals surface area contributed by atoms with Crippen molar-refractivity contribution in [3.8, 4) is 9.75 Å². The Hall–Kier alpha value is -0.640. The monoisotopic (exact) mass is 195 g/mol. The molecule has 0 saturated carbocycles. The molecule has 62 valence electrons. The zero-order chi connectivity index (χ0) is 8.39. The van der Waals surface area contributed by atoms with Gasteiger partial charge in [-0.05, 0) is 28.5 Å². The lowest BCUT2D eigenvalue weighted by atomic mass is 10.2. The topological polar surface area (TPSA) is 26.0 Å². The van der Waals surface area contributed by atoms with Crippen molar-refractivity contribution in [3.05, 3.63) is 34.5 Å². The molecule has 12 heavy (non-hydrogen) atoms. The first-order chi connectivity index (χ1) is 5.92. The molecule has 2 aromatic heterocycles. The van der Waals surface area contributed by atoms with Crippen LogP contribution in [-0.2, 0) is 6.54 Å². The molecular weight excluding hydrogens is 186 g/mol. The molecule has 2 aromatic rings. The Labute approximate surface area is 79.5 Å². The van der Waals surface area contributed by atoms with Crippen LogP contribution in [0.5, 0.6) is 0 Å². The first-order valence-electron chi connectivity index (χ1n) is 3.72. The summed E-state index contributed by atoms with van der Waals surface area (Å²) in [5.41, 5.74) is 6.86. The van der Waals surface area contributed by atoms with Crippen LogP contribution in [0, 0.1) is 0 Å². The second-order valence-electron chi connectivity index (χ2n) is 2.46. The molecule has 0 unspecified atom stereocenters. The molecule has 0 atom stereocenters. The lowest BCUT2D eigenvalue weighted by Crippen LogP contribution is -1.94. The molecule has 2 N–H and O–H groups in total. The summed E-state index contributed by atoms with van der Waals surface area (Å²) in [5.74, 6) is 0. The molecule has 0 aliphatic carbocycles. The molecular formula is C9H9NS2. The Morgan fingerprint density at radius 2 is 2.08 bits per heavy atom. The van der Waals surface area contributed by atoms with E-state index in [9.17, 15) is 0 Å². The highest BCUT2D eigenvalue weighted by Crippen LogP contribution is 2.32. The minimum atomic E-state index is 0.636. The lowest BCUT2D eigenvalue weighted by Gasteiger charge is -1.95. The van der Waals surface area contributed by atoms with E-state index in [0.29, 0.717) is 6.54 Å². The van der Waals surface area contributed by atoms with Gasteiger partial charge >= 0.3 is 0 Å². The van der Waals surface area contributed by atoms with Crippen molar-refractivity contribution in [1.29, 1.82) is 0 Å². The standard InChI is InChI=1S/C9H9NS2/c10-6-7-3-5-12-9(7)8-2-1-4-11-8/h1-5H,6,10H2. The largest absolute Gasteiger partial charge is 0.326 e. The Balaban J connectivity index is 2.46. The third kappa shape index (κ3) is 1.31. The van der Waals surface area contributed by atoms with Crippen molar-refractivity contribution in [2.45, 2.75) is 6.54 Å². The van der Waals surface area contributed by atoms with Crippen LogP contribution < -0.4 is 5.73 Å². The fourth-order valence-corrected chi connectivity index (χ4v) is 2.96. The van der Waals surface area contributed by atoms with Crippen molar-refractivity contribution in [1.82, 2.24) is 0 Å². The Morgan fingerprint density at radius 1 is 1.17 bits per heavy atom. The quantitative estimate of drug-likeness (QED) is 0.783. The number of rotatable bonds is 2. The minimum Gasteiger partial charge on any atom is -0.326 e. The van der Waals surface area contributed by atoms with Gasteiger partial charge < -0.3 is 5.73 Å². The molecule has 3 heteroatoms. The normalized spacial score (nSPS) is 10.4. The molecule has 0 saturated heterocycles. The highest BCUT2D eigenvalue weighted by molar-refractivity contribution is 7.20. The average molecular weight is 195 g/mol. The van der Waals surface area contributed by atoms with Crippen LogP contribution in [-0.4, -0.2) is 0 Å². The fraction of sp³-hybridized carbons (Fsp3) is 0.111. The van der Waals surface area contributed by atoms with Crippen molar-refractivity contribution in [2.24, 2.45) is 5.73 Å². The Kier molecular flexibility index (Phi) is 2.26. The molecule has 2 heterocycles. The molecule has 0 spiro atoms. The van der Waals surface area contributed by atoms with Gasteiger partial charge in [0.25, 0.3) is 0 Å². The van der Waals surface area contributed by atoms with E-state index in [1.165, 1.54) is 15.3 Å². The van der Waals surface area contributed by atoms with E-state index in [1.54, 1.807) is 22.7 Å². The summed E-state index contributed by atoms with van der Waals surface area (Å²) in [6, 6.07) is 6.30. The van der Waals surface area contributed by atoms with E-state index in [-0.39, 0.29) is 0 Å². The third-order valence-corrected chi connectivity index (χ3v) is 3.72. The van der Waals surface area contributed by atoms with Gasteiger partial charge in [0.05, 0.1) is 0 Å². The number of nitrogens with two attached hydrogens (primary N) is 1. The van der Waals surface area contributed by atoms with Gasteiger partial charge in [-0.25, -0.2) is 0 Å². The Morgan fingerprint density at radius 3 is 2.75 bits per heavy atom. The van der Waals surface area contributed by atoms with Crippen LogP contribution in [0.25, 0.3) is 9.75 Å². The Bertz CT molecular complexity index is 348. The van der Waals surface area contributed by atoms with Gasteiger partial charge in [0.1, 0.15) is 0 Å². The van der Waals surface area contributed by atoms with Crippen molar-refractivity contribution >= 4 is 22.7 Å². The van der Waals surface area contributed by atoms with Gasteiger partial charge in [-0.3, -0.25) is 0 Å². The van der Waals surface area contributed by atoms with Crippen LogP contribution in [0.15, 0.2) is 29.0 Å². The van der Waals surface area contributed by atoms with Crippen molar-refractivity contribution < 1.29 is 0 Å². The molecule has 0 aliphatic rings. The van der Waals surface area contributed by atoms with Crippen LogP contribution >= 0.6 is 22.7 Å². The molecule has 0 radical (unpaired) electrons. The molecule has 0 aromatic carbocycles.